The molecule has 1 aliphatic heterocycles. The molecule has 34 heavy (non-hydrogen) atoms. The van der Waals surface area contributed by atoms with Crippen LogP contribution in [0.25, 0.3) is 0 Å². The van der Waals surface area contributed by atoms with Crippen LogP contribution < -0.4 is 28.7 Å². The molecular formula is C26H26N2O6. The van der Waals surface area contributed by atoms with Gasteiger partial charge in [-0.25, -0.2) is 0 Å². The summed E-state index contributed by atoms with van der Waals surface area (Å²) < 4.78 is 21.3. The summed E-state index contributed by atoms with van der Waals surface area (Å²) >= 11 is 0. The van der Waals surface area contributed by atoms with Gasteiger partial charge in [-0.3, -0.25) is 19.4 Å². The molecule has 0 radical (unpaired) electrons. The van der Waals surface area contributed by atoms with Gasteiger partial charge in [0.1, 0.15) is 35.6 Å². The Hall–Kier alpha value is -4.20. The van der Waals surface area contributed by atoms with E-state index in [0.29, 0.717) is 39.9 Å². The second kappa shape index (κ2) is 9.74. The fourth-order valence-electron chi connectivity index (χ4n) is 4.02. The van der Waals surface area contributed by atoms with Crippen molar-refractivity contribution in [1.29, 1.82) is 0 Å². The summed E-state index contributed by atoms with van der Waals surface area (Å²) in [4.78, 5) is 30.4. The quantitative estimate of drug-likeness (QED) is 0.531. The fraction of sp³-hybridized carbons (Fsp3) is 0.231. The SMILES string of the molecule is COc1ccc([C@H]2C(=O)N(c3ccc(OC)cc3OC)CC(=O)N2c2ccc(OC)cc2)cc1. The first-order chi connectivity index (χ1) is 16.5. The molecule has 0 aromatic heterocycles. The molecule has 3 aromatic carbocycles. The number of piperazine rings is 1. The maximum Gasteiger partial charge on any atom is 0.255 e. The number of ether oxygens (including phenoxy) is 4. The zero-order valence-electron chi connectivity index (χ0n) is 19.5. The van der Waals surface area contributed by atoms with Crippen molar-refractivity contribution >= 4 is 23.2 Å². The molecule has 4 rings (SSSR count). The van der Waals surface area contributed by atoms with Gasteiger partial charge >= 0.3 is 0 Å². The van der Waals surface area contributed by atoms with E-state index < -0.39 is 6.04 Å². The molecule has 1 aliphatic rings. The second-order valence-electron chi connectivity index (χ2n) is 7.60. The number of hydrogen-bond acceptors (Lipinski definition) is 6. The number of carbonyl (C=O) groups excluding carboxylic acids is 2. The van der Waals surface area contributed by atoms with Crippen molar-refractivity contribution in [2.24, 2.45) is 0 Å². The molecule has 2 amide bonds. The van der Waals surface area contributed by atoms with E-state index in [4.69, 9.17) is 18.9 Å². The van der Waals surface area contributed by atoms with Crippen molar-refractivity contribution < 1.29 is 28.5 Å². The summed E-state index contributed by atoms with van der Waals surface area (Å²) in [6.45, 7) is -0.139. The summed E-state index contributed by atoms with van der Waals surface area (Å²) in [6, 6.07) is 18.4. The Labute approximate surface area is 198 Å². The first-order valence-corrected chi connectivity index (χ1v) is 10.6. The van der Waals surface area contributed by atoms with Crippen LogP contribution >= 0.6 is 0 Å². The van der Waals surface area contributed by atoms with Crippen LogP contribution in [0.1, 0.15) is 11.6 Å². The number of carbonyl (C=O) groups is 2. The van der Waals surface area contributed by atoms with Crippen LogP contribution in [0, 0.1) is 0 Å². The number of nitrogens with zero attached hydrogens (tertiary/aromatic N) is 2. The van der Waals surface area contributed by atoms with E-state index >= 15 is 0 Å². The molecule has 176 valence electrons. The molecule has 0 spiro atoms. The van der Waals surface area contributed by atoms with Crippen molar-refractivity contribution in [1.82, 2.24) is 0 Å². The Morgan fingerprint density at radius 2 is 1.26 bits per heavy atom. The van der Waals surface area contributed by atoms with E-state index in [0.717, 1.165) is 0 Å². The molecule has 3 aromatic rings. The van der Waals surface area contributed by atoms with E-state index in [9.17, 15) is 9.59 Å². The van der Waals surface area contributed by atoms with Crippen LogP contribution in [0.4, 0.5) is 11.4 Å². The molecule has 0 N–H and O–H groups in total. The van der Waals surface area contributed by atoms with E-state index in [2.05, 4.69) is 0 Å². The van der Waals surface area contributed by atoms with E-state index in [1.54, 1.807) is 88.1 Å². The number of benzene rings is 3. The molecule has 8 nitrogen and oxygen atoms in total. The Bertz CT molecular complexity index is 1180. The summed E-state index contributed by atoms with van der Waals surface area (Å²) in [5.41, 5.74) is 1.75. The predicted molar refractivity (Wildman–Crippen MR) is 128 cm³/mol. The highest BCUT2D eigenvalue weighted by molar-refractivity contribution is 6.15. The van der Waals surface area contributed by atoms with Crippen LogP contribution in [0.15, 0.2) is 66.7 Å². The fourth-order valence-corrected chi connectivity index (χ4v) is 4.02. The van der Waals surface area contributed by atoms with Gasteiger partial charge in [-0.2, -0.15) is 0 Å². The number of anilines is 2. The van der Waals surface area contributed by atoms with Gasteiger partial charge < -0.3 is 18.9 Å². The van der Waals surface area contributed by atoms with E-state index in [-0.39, 0.29) is 18.4 Å². The number of methoxy groups -OCH3 is 4. The summed E-state index contributed by atoms with van der Waals surface area (Å²) in [5.74, 6) is 1.84. The van der Waals surface area contributed by atoms with Crippen LogP contribution in [0.2, 0.25) is 0 Å². The van der Waals surface area contributed by atoms with Gasteiger partial charge in [0.25, 0.3) is 5.91 Å². The Balaban J connectivity index is 1.80. The van der Waals surface area contributed by atoms with Crippen molar-refractivity contribution in [3.63, 3.8) is 0 Å². The minimum absolute atomic E-state index is 0.139. The molecule has 0 aliphatic carbocycles. The van der Waals surface area contributed by atoms with Gasteiger partial charge in [0.05, 0.1) is 34.1 Å². The molecule has 0 unspecified atom stereocenters. The average molecular weight is 463 g/mol. The van der Waals surface area contributed by atoms with Crippen molar-refractivity contribution in [3.8, 4) is 23.0 Å². The third-order valence-corrected chi connectivity index (χ3v) is 5.78. The third-order valence-electron chi connectivity index (χ3n) is 5.78. The standard InChI is InChI=1S/C26H26N2O6/c1-31-19-9-5-17(6-10-19)25-26(30)27(22-14-13-21(33-3)15-23(22)34-4)16-24(29)28(25)18-7-11-20(32-2)12-8-18/h5-15,25H,16H2,1-4H3/t25-/m0/s1. The normalized spacial score (nSPS) is 15.8. The predicted octanol–water partition coefficient (Wildman–Crippen LogP) is 3.84. The van der Waals surface area contributed by atoms with Gasteiger partial charge in [-0.05, 0) is 54.1 Å². The molecule has 1 atom stereocenters. The summed E-state index contributed by atoms with van der Waals surface area (Å²) in [5, 5.41) is 0. The lowest BCUT2D eigenvalue weighted by Gasteiger charge is -2.40. The molecule has 1 heterocycles. The average Bonchev–Trinajstić information content (AvgIpc) is 2.89. The van der Waals surface area contributed by atoms with Gasteiger partial charge in [0.15, 0.2) is 0 Å². The second-order valence-corrected chi connectivity index (χ2v) is 7.60. The molecular weight excluding hydrogens is 436 g/mol. The van der Waals surface area contributed by atoms with Crippen LogP contribution in [-0.4, -0.2) is 46.8 Å². The molecule has 1 saturated heterocycles. The number of rotatable bonds is 7. The molecule has 0 saturated carbocycles. The maximum absolute atomic E-state index is 13.9. The van der Waals surface area contributed by atoms with Crippen LogP contribution in [-0.2, 0) is 9.59 Å². The highest BCUT2D eigenvalue weighted by Gasteiger charge is 2.42. The van der Waals surface area contributed by atoms with Crippen molar-refractivity contribution in [2.45, 2.75) is 6.04 Å². The zero-order chi connectivity index (χ0) is 24.2. The van der Waals surface area contributed by atoms with Crippen molar-refractivity contribution in [3.05, 3.63) is 72.3 Å². The van der Waals surface area contributed by atoms with Gasteiger partial charge in [0.2, 0.25) is 5.91 Å². The Kier molecular flexibility index (Phi) is 6.58. The molecule has 0 bridgehead atoms. The van der Waals surface area contributed by atoms with Crippen LogP contribution in [0.5, 0.6) is 23.0 Å². The largest absolute Gasteiger partial charge is 0.497 e. The van der Waals surface area contributed by atoms with E-state index in [1.165, 1.54) is 16.9 Å². The summed E-state index contributed by atoms with van der Waals surface area (Å²) in [7, 11) is 6.21. The third kappa shape index (κ3) is 4.22. The topological polar surface area (TPSA) is 77.5 Å². The van der Waals surface area contributed by atoms with Gasteiger partial charge in [-0.15, -0.1) is 0 Å². The number of hydrogen-bond donors (Lipinski definition) is 0. The maximum atomic E-state index is 13.9. The molecule has 1 fully saturated rings. The monoisotopic (exact) mass is 462 g/mol. The highest BCUT2D eigenvalue weighted by atomic mass is 16.5. The lowest BCUT2D eigenvalue weighted by molar-refractivity contribution is -0.128. The Morgan fingerprint density at radius 3 is 1.82 bits per heavy atom. The minimum Gasteiger partial charge on any atom is -0.497 e. The lowest BCUT2D eigenvalue weighted by atomic mass is 9.99. The number of amides is 2. The minimum atomic E-state index is -0.882. The summed E-state index contributed by atoms with van der Waals surface area (Å²) in [6.07, 6.45) is 0. The molecule has 8 heteroatoms. The first-order valence-electron chi connectivity index (χ1n) is 10.6. The highest BCUT2D eigenvalue weighted by Crippen LogP contribution is 2.39. The lowest BCUT2D eigenvalue weighted by Crippen LogP contribution is -2.56. The van der Waals surface area contributed by atoms with Crippen LogP contribution in [0.3, 0.4) is 0 Å². The smallest absolute Gasteiger partial charge is 0.255 e. The van der Waals surface area contributed by atoms with Gasteiger partial charge in [0, 0.05) is 11.8 Å². The first kappa shape index (κ1) is 23.0. The zero-order valence-corrected chi connectivity index (χ0v) is 19.5. The van der Waals surface area contributed by atoms with E-state index in [1.807, 2.05) is 0 Å². The van der Waals surface area contributed by atoms with Crippen molar-refractivity contribution in [2.75, 3.05) is 44.8 Å². The van der Waals surface area contributed by atoms with Gasteiger partial charge in [-0.1, -0.05) is 12.1 Å². The Morgan fingerprint density at radius 1 is 0.706 bits per heavy atom.